The minimum absolute atomic E-state index is 0.160. The molecule has 4 rings (SSSR count). The van der Waals surface area contributed by atoms with Crippen molar-refractivity contribution in [1.29, 1.82) is 0 Å². The van der Waals surface area contributed by atoms with E-state index in [0.717, 1.165) is 5.56 Å². The van der Waals surface area contributed by atoms with Crippen LogP contribution in [0, 0.1) is 5.82 Å². The Morgan fingerprint density at radius 3 is 2.62 bits per heavy atom. The molecule has 2 aromatic rings. The Kier molecular flexibility index (Phi) is 3.79. The van der Waals surface area contributed by atoms with Crippen molar-refractivity contribution in [3.8, 4) is 11.5 Å². The largest absolute Gasteiger partial charge is 0.454 e. The Morgan fingerprint density at radius 2 is 1.85 bits per heavy atom. The number of hydrogen-bond acceptors (Lipinski definition) is 5. The van der Waals surface area contributed by atoms with Gasteiger partial charge in [0.25, 0.3) is 5.91 Å². The molecule has 0 aromatic heterocycles. The van der Waals surface area contributed by atoms with Gasteiger partial charge in [-0.15, -0.1) is 0 Å². The first-order valence-electron chi connectivity index (χ1n) is 8.17. The fraction of sp³-hybridized carbons (Fsp3) is 0.263. The maximum absolute atomic E-state index is 13.2. The molecule has 0 radical (unpaired) electrons. The Bertz CT molecular complexity index is 893. The van der Waals surface area contributed by atoms with Gasteiger partial charge in [-0.05, 0) is 49.7 Å². The Labute approximate surface area is 149 Å². The highest BCUT2D eigenvalue weighted by molar-refractivity contribution is 6.10. The van der Waals surface area contributed by atoms with E-state index in [-0.39, 0.29) is 25.1 Å². The molecular formula is C19H17FN2O4. The SMILES string of the molecule is CC1(C)ON=C(c2ccc3c(c2)OCO3)N(Cc2ccc(F)cc2)C1=O. The van der Waals surface area contributed by atoms with Crippen LogP contribution in [0.2, 0.25) is 0 Å². The summed E-state index contributed by atoms with van der Waals surface area (Å²) in [6, 6.07) is 11.3. The van der Waals surface area contributed by atoms with Crippen LogP contribution >= 0.6 is 0 Å². The third-order valence-corrected chi connectivity index (χ3v) is 4.26. The average molecular weight is 356 g/mol. The Morgan fingerprint density at radius 1 is 1.12 bits per heavy atom. The number of halogens is 1. The Balaban J connectivity index is 1.71. The van der Waals surface area contributed by atoms with E-state index in [1.807, 2.05) is 0 Å². The van der Waals surface area contributed by atoms with Crippen LogP contribution in [0.3, 0.4) is 0 Å². The van der Waals surface area contributed by atoms with E-state index < -0.39 is 5.60 Å². The lowest BCUT2D eigenvalue weighted by Crippen LogP contribution is -2.52. The summed E-state index contributed by atoms with van der Waals surface area (Å²) in [5.41, 5.74) is 0.367. The third-order valence-electron chi connectivity index (χ3n) is 4.26. The molecule has 0 N–H and O–H groups in total. The number of rotatable bonds is 3. The van der Waals surface area contributed by atoms with Gasteiger partial charge < -0.3 is 14.3 Å². The Hall–Kier alpha value is -3.09. The van der Waals surface area contributed by atoms with Crippen molar-refractivity contribution >= 4 is 11.7 Å². The maximum atomic E-state index is 13.2. The first kappa shape index (κ1) is 16.4. The minimum atomic E-state index is -1.08. The van der Waals surface area contributed by atoms with Gasteiger partial charge in [-0.2, -0.15) is 0 Å². The van der Waals surface area contributed by atoms with Crippen LogP contribution in [0.5, 0.6) is 11.5 Å². The average Bonchev–Trinajstić information content (AvgIpc) is 3.09. The van der Waals surface area contributed by atoms with Crippen LogP contribution in [0.15, 0.2) is 47.6 Å². The summed E-state index contributed by atoms with van der Waals surface area (Å²) in [4.78, 5) is 19.9. The molecule has 7 heteroatoms. The molecule has 0 aliphatic carbocycles. The highest BCUT2D eigenvalue weighted by atomic mass is 19.1. The number of amides is 1. The highest BCUT2D eigenvalue weighted by Gasteiger charge is 2.41. The van der Waals surface area contributed by atoms with Gasteiger partial charge in [0.1, 0.15) is 5.82 Å². The summed E-state index contributed by atoms with van der Waals surface area (Å²) in [6.45, 7) is 3.73. The van der Waals surface area contributed by atoms with Crippen molar-refractivity contribution in [2.24, 2.45) is 5.16 Å². The molecule has 26 heavy (non-hydrogen) atoms. The number of carbonyl (C=O) groups excluding carboxylic acids is 1. The summed E-state index contributed by atoms with van der Waals surface area (Å²) in [6.07, 6.45) is 0. The number of hydrogen-bond donors (Lipinski definition) is 0. The van der Waals surface area contributed by atoms with Gasteiger partial charge in [0.2, 0.25) is 12.4 Å². The normalized spacial score (nSPS) is 17.7. The zero-order chi connectivity index (χ0) is 18.3. The standard InChI is InChI=1S/C19H17FN2O4/c1-19(2)18(23)22(10-12-3-6-14(20)7-4-12)17(21-26-19)13-5-8-15-16(9-13)25-11-24-15/h3-9H,10-11H2,1-2H3. The number of oxime groups is 1. The van der Waals surface area contributed by atoms with Gasteiger partial charge in [0.15, 0.2) is 17.3 Å². The molecule has 0 saturated carbocycles. The van der Waals surface area contributed by atoms with E-state index in [1.165, 1.54) is 17.0 Å². The summed E-state index contributed by atoms with van der Waals surface area (Å²) in [7, 11) is 0. The third kappa shape index (κ3) is 2.85. The predicted molar refractivity (Wildman–Crippen MR) is 91.2 cm³/mol. The number of fused-ring (bicyclic) bond motifs is 1. The van der Waals surface area contributed by atoms with E-state index in [0.29, 0.717) is 22.9 Å². The fourth-order valence-corrected chi connectivity index (χ4v) is 2.83. The lowest BCUT2D eigenvalue weighted by Gasteiger charge is -2.35. The van der Waals surface area contributed by atoms with Crippen LogP contribution in [-0.2, 0) is 16.2 Å². The van der Waals surface area contributed by atoms with Crippen molar-refractivity contribution in [2.45, 2.75) is 26.0 Å². The molecule has 0 bridgehead atoms. The monoisotopic (exact) mass is 356 g/mol. The first-order valence-corrected chi connectivity index (χ1v) is 8.17. The molecule has 2 aliphatic rings. The second-order valence-corrected chi connectivity index (χ2v) is 6.60. The molecule has 2 aromatic carbocycles. The molecule has 134 valence electrons. The molecule has 0 spiro atoms. The fourth-order valence-electron chi connectivity index (χ4n) is 2.83. The van der Waals surface area contributed by atoms with Crippen molar-refractivity contribution in [2.75, 3.05) is 6.79 Å². The topological polar surface area (TPSA) is 60.4 Å². The molecule has 0 fully saturated rings. The number of nitrogens with zero attached hydrogens (tertiary/aromatic N) is 2. The molecule has 0 unspecified atom stereocenters. The molecule has 0 atom stereocenters. The van der Waals surface area contributed by atoms with E-state index in [1.54, 1.807) is 44.2 Å². The summed E-state index contributed by atoms with van der Waals surface area (Å²) < 4.78 is 23.9. The lowest BCUT2D eigenvalue weighted by atomic mass is 10.0. The first-order chi connectivity index (χ1) is 12.4. The summed E-state index contributed by atoms with van der Waals surface area (Å²) in [5, 5.41) is 4.17. The smallest absolute Gasteiger partial charge is 0.275 e. The second kappa shape index (κ2) is 6.01. The zero-order valence-corrected chi connectivity index (χ0v) is 14.4. The maximum Gasteiger partial charge on any atom is 0.275 e. The second-order valence-electron chi connectivity index (χ2n) is 6.60. The van der Waals surface area contributed by atoms with Gasteiger partial charge in [0.05, 0.1) is 6.54 Å². The molecule has 1 amide bonds. The predicted octanol–water partition coefficient (Wildman–Crippen LogP) is 3.05. The van der Waals surface area contributed by atoms with Gasteiger partial charge in [-0.3, -0.25) is 9.69 Å². The van der Waals surface area contributed by atoms with E-state index in [4.69, 9.17) is 14.3 Å². The van der Waals surface area contributed by atoms with Gasteiger partial charge in [0, 0.05) is 5.56 Å². The van der Waals surface area contributed by atoms with Crippen LogP contribution < -0.4 is 9.47 Å². The van der Waals surface area contributed by atoms with E-state index in [2.05, 4.69) is 5.16 Å². The highest BCUT2D eigenvalue weighted by Crippen LogP contribution is 2.34. The summed E-state index contributed by atoms with van der Waals surface area (Å²) >= 11 is 0. The molecule has 0 saturated heterocycles. The quantitative estimate of drug-likeness (QED) is 0.848. The minimum Gasteiger partial charge on any atom is -0.454 e. The summed E-state index contributed by atoms with van der Waals surface area (Å²) in [5.74, 6) is 1.04. The van der Waals surface area contributed by atoms with Crippen molar-refractivity contribution in [3.63, 3.8) is 0 Å². The van der Waals surface area contributed by atoms with Gasteiger partial charge in [-0.1, -0.05) is 17.3 Å². The number of carbonyl (C=O) groups is 1. The number of amidine groups is 1. The molecule has 6 nitrogen and oxygen atoms in total. The van der Waals surface area contributed by atoms with Gasteiger partial charge >= 0.3 is 0 Å². The molecular weight excluding hydrogens is 339 g/mol. The van der Waals surface area contributed by atoms with Crippen LogP contribution in [0.4, 0.5) is 4.39 Å². The van der Waals surface area contributed by atoms with E-state index in [9.17, 15) is 9.18 Å². The van der Waals surface area contributed by atoms with Crippen LogP contribution in [0.1, 0.15) is 25.0 Å². The van der Waals surface area contributed by atoms with Crippen molar-refractivity contribution < 1.29 is 23.5 Å². The molecule has 2 heterocycles. The van der Waals surface area contributed by atoms with Crippen molar-refractivity contribution in [3.05, 3.63) is 59.4 Å². The number of benzene rings is 2. The van der Waals surface area contributed by atoms with E-state index >= 15 is 0 Å². The lowest BCUT2D eigenvalue weighted by molar-refractivity contribution is -0.154. The van der Waals surface area contributed by atoms with Crippen LogP contribution in [-0.4, -0.2) is 29.0 Å². The van der Waals surface area contributed by atoms with Crippen LogP contribution in [0.25, 0.3) is 0 Å². The van der Waals surface area contributed by atoms with Crippen molar-refractivity contribution in [1.82, 2.24) is 4.90 Å². The van der Waals surface area contributed by atoms with Gasteiger partial charge in [-0.25, -0.2) is 4.39 Å². The number of ether oxygens (including phenoxy) is 2. The molecule has 2 aliphatic heterocycles. The zero-order valence-electron chi connectivity index (χ0n) is 14.4.